The molecule has 21 heavy (non-hydrogen) atoms. The molecule has 1 aromatic rings. The molecule has 1 aliphatic carbocycles. The van der Waals surface area contributed by atoms with Gasteiger partial charge in [0.2, 0.25) is 0 Å². The van der Waals surface area contributed by atoms with Crippen LogP contribution in [-0.4, -0.2) is 41.1 Å². The topological polar surface area (TPSA) is 76.3 Å². The number of hydrazine groups is 1. The molecule has 1 atom stereocenters. The van der Waals surface area contributed by atoms with E-state index in [2.05, 4.69) is 22.2 Å². The lowest BCUT2D eigenvalue weighted by atomic mass is 10.1. The van der Waals surface area contributed by atoms with Gasteiger partial charge in [-0.15, -0.1) is 0 Å². The van der Waals surface area contributed by atoms with Gasteiger partial charge >= 0.3 is 0 Å². The second-order valence-corrected chi connectivity index (χ2v) is 5.81. The maximum Gasteiger partial charge on any atom is 0.161 e. The zero-order valence-electron chi connectivity index (χ0n) is 12.8. The van der Waals surface area contributed by atoms with E-state index in [0.717, 1.165) is 56.4 Å². The summed E-state index contributed by atoms with van der Waals surface area (Å²) in [7, 11) is 0. The summed E-state index contributed by atoms with van der Waals surface area (Å²) in [6.45, 7) is 5.80. The van der Waals surface area contributed by atoms with Gasteiger partial charge < -0.3 is 10.2 Å². The largest absolute Gasteiger partial charge is 0.368 e. The highest BCUT2D eigenvalue weighted by Crippen LogP contribution is 2.27. The van der Waals surface area contributed by atoms with Gasteiger partial charge in [0.25, 0.3) is 0 Å². The predicted octanol–water partition coefficient (Wildman–Crippen LogP) is 1.42. The first-order chi connectivity index (χ1) is 10.3. The van der Waals surface area contributed by atoms with Gasteiger partial charge in [0.1, 0.15) is 11.9 Å². The summed E-state index contributed by atoms with van der Waals surface area (Å²) in [6, 6.07) is 0. The van der Waals surface area contributed by atoms with Crippen LogP contribution in [0.4, 0.5) is 5.82 Å². The molecule has 6 heteroatoms. The Bertz CT molecular complexity index is 493. The van der Waals surface area contributed by atoms with Crippen LogP contribution in [0.15, 0.2) is 0 Å². The van der Waals surface area contributed by atoms with E-state index in [4.69, 9.17) is 15.6 Å². The number of nitrogens with one attached hydrogen (secondary N) is 1. The van der Waals surface area contributed by atoms with Gasteiger partial charge in [0.15, 0.2) is 5.82 Å². The Kier molecular flexibility index (Phi) is 4.67. The number of morpholine rings is 1. The van der Waals surface area contributed by atoms with Crippen molar-refractivity contribution in [2.45, 2.75) is 45.1 Å². The van der Waals surface area contributed by atoms with Gasteiger partial charge in [-0.2, -0.15) is 0 Å². The van der Waals surface area contributed by atoms with Crippen LogP contribution in [0.3, 0.4) is 0 Å². The molecule has 0 amide bonds. The normalized spacial score (nSPS) is 23.4. The molecule has 1 fully saturated rings. The number of nitrogens with two attached hydrogens (primary N) is 1. The third-order valence-corrected chi connectivity index (χ3v) is 4.47. The number of aryl methyl sites for hydroxylation is 1. The highest BCUT2D eigenvalue weighted by molar-refractivity contribution is 5.46. The van der Waals surface area contributed by atoms with E-state index in [1.165, 1.54) is 24.8 Å². The van der Waals surface area contributed by atoms with E-state index >= 15 is 0 Å². The molecule has 1 aromatic heterocycles. The summed E-state index contributed by atoms with van der Waals surface area (Å²) in [4.78, 5) is 11.8. The first kappa shape index (κ1) is 14.7. The van der Waals surface area contributed by atoms with Gasteiger partial charge in [-0.05, 0) is 32.2 Å². The standard InChI is InChI=1S/C15H25N5O/c1-2-20-8-9-21-13(10-20)15-17-12-7-5-3-4-6-11(12)14(18-15)19-16/h13H,2-10,16H2,1H3,(H,17,18,19). The first-order valence-electron chi connectivity index (χ1n) is 8.02. The number of anilines is 1. The third kappa shape index (κ3) is 3.17. The Hall–Kier alpha value is -1.24. The molecule has 1 saturated heterocycles. The van der Waals surface area contributed by atoms with Crippen LogP contribution in [0.2, 0.25) is 0 Å². The zero-order valence-corrected chi connectivity index (χ0v) is 12.8. The average Bonchev–Trinajstić information content (AvgIpc) is 2.79. The number of rotatable bonds is 3. The van der Waals surface area contributed by atoms with Crippen LogP contribution in [0, 0.1) is 0 Å². The fourth-order valence-electron chi connectivity index (χ4n) is 3.20. The van der Waals surface area contributed by atoms with Crippen molar-refractivity contribution in [2.24, 2.45) is 5.84 Å². The monoisotopic (exact) mass is 291 g/mol. The number of fused-ring (bicyclic) bond motifs is 1. The summed E-state index contributed by atoms with van der Waals surface area (Å²) in [5, 5.41) is 0. The number of nitrogen functional groups attached to an aromatic ring is 1. The molecule has 1 unspecified atom stereocenters. The number of aromatic nitrogens is 2. The van der Waals surface area contributed by atoms with E-state index in [1.54, 1.807) is 0 Å². The molecule has 0 radical (unpaired) electrons. The highest BCUT2D eigenvalue weighted by atomic mass is 16.5. The van der Waals surface area contributed by atoms with Crippen molar-refractivity contribution in [3.63, 3.8) is 0 Å². The summed E-state index contributed by atoms with van der Waals surface area (Å²) in [5.74, 6) is 7.25. The van der Waals surface area contributed by atoms with Crippen LogP contribution >= 0.6 is 0 Å². The smallest absolute Gasteiger partial charge is 0.161 e. The molecular weight excluding hydrogens is 266 g/mol. The molecule has 3 rings (SSSR count). The number of nitrogens with zero attached hydrogens (tertiary/aromatic N) is 3. The van der Waals surface area contributed by atoms with Crippen molar-refractivity contribution in [1.29, 1.82) is 0 Å². The molecular formula is C15H25N5O. The Balaban J connectivity index is 1.90. The predicted molar refractivity (Wildman–Crippen MR) is 81.9 cm³/mol. The van der Waals surface area contributed by atoms with Gasteiger partial charge in [-0.3, -0.25) is 4.90 Å². The third-order valence-electron chi connectivity index (χ3n) is 4.47. The summed E-state index contributed by atoms with van der Waals surface area (Å²) in [5.41, 5.74) is 5.12. The van der Waals surface area contributed by atoms with Crippen molar-refractivity contribution in [1.82, 2.24) is 14.9 Å². The van der Waals surface area contributed by atoms with E-state index in [1.807, 2.05) is 0 Å². The molecule has 3 N–H and O–H groups in total. The van der Waals surface area contributed by atoms with Crippen LogP contribution in [0.1, 0.15) is 49.4 Å². The molecule has 2 heterocycles. The number of likely N-dealkylation sites (N-methyl/N-ethyl adjacent to an activating group) is 1. The second-order valence-electron chi connectivity index (χ2n) is 5.81. The van der Waals surface area contributed by atoms with Gasteiger partial charge in [0, 0.05) is 24.3 Å². The van der Waals surface area contributed by atoms with Crippen molar-refractivity contribution < 1.29 is 4.74 Å². The quantitative estimate of drug-likeness (QED) is 0.498. The van der Waals surface area contributed by atoms with Crippen molar-refractivity contribution in [3.05, 3.63) is 17.1 Å². The fraction of sp³-hybridized carbons (Fsp3) is 0.733. The maximum atomic E-state index is 5.88. The van der Waals surface area contributed by atoms with Crippen LogP contribution in [0.5, 0.6) is 0 Å². The molecule has 1 aliphatic heterocycles. The molecule has 0 saturated carbocycles. The number of hydrogen-bond acceptors (Lipinski definition) is 6. The minimum atomic E-state index is -0.0423. The van der Waals surface area contributed by atoms with E-state index in [9.17, 15) is 0 Å². The van der Waals surface area contributed by atoms with Crippen molar-refractivity contribution >= 4 is 5.82 Å². The van der Waals surface area contributed by atoms with Gasteiger partial charge in [-0.25, -0.2) is 15.8 Å². The Morgan fingerprint density at radius 3 is 2.95 bits per heavy atom. The number of hydrogen-bond donors (Lipinski definition) is 2. The summed E-state index contributed by atoms with van der Waals surface area (Å²) in [6.07, 6.45) is 5.62. The van der Waals surface area contributed by atoms with E-state index in [-0.39, 0.29) is 6.10 Å². The van der Waals surface area contributed by atoms with Crippen LogP contribution < -0.4 is 11.3 Å². The maximum absolute atomic E-state index is 5.88. The van der Waals surface area contributed by atoms with Crippen molar-refractivity contribution in [3.8, 4) is 0 Å². The second kappa shape index (κ2) is 6.68. The SMILES string of the molecule is CCN1CCOC(c2nc3c(c(NN)n2)CCCCC3)C1. The number of ether oxygens (including phenoxy) is 1. The Morgan fingerprint density at radius 1 is 1.29 bits per heavy atom. The molecule has 2 aliphatic rings. The average molecular weight is 291 g/mol. The molecule has 6 nitrogen and oxygen atoms in total. The zero-order chi connectivity index (χ0) is 14.7. The highest BCUT2D eigenvalue weighted by Gasteiger charge is 2.26. The fourth-order valence-corrected chi connectivity index (χ4v) is 3.20. The van der Waals surface area contributed by atoms with Gasteiger partial charge in [-0.1, -0.05) is 13.3 Å². The van der Waals surface area contributed by atoms with Gasteiger partial charge in [0.05, 0.1) is 6.61 Å². The molecule has 0 bridgehead atoms. The summed E-state index contributed by atoms with van der Waals surface area (Å²) < 4.78 is 5.88. The lowest BCUT2D eigenvalue weighted by Crippen LogP contribution is -2.38. The summed E-state index contributed by atoms with van der Waals surface area (Å²) >= 11 is 0. The van der Waals surface area contributed by atoms with Crippen LogP contribution in [-0.2, 0) is 17.6 Å². The molecule has 0 aromatic carbocycles. The lowest BCUT2D eigenvalue weighted by Gasteiger charge is -2.31. The minimum absolute atomic E-state index is 0.0423. The van der Waals surface area contributed by atoms with E-state index in [0.29, 0.717) is 0 Å². The lowest BCUT2D eigenvalue weighted by molar-refractivity contribution is -0.0326. The van der Waals surface area contributed by atoms with Crippen molar-refractivity contribution in [2.75, 3.05) is 31.7 Å². The molecule has 0 spiro atoms. The minimum Gasteiger partial charge on any atom is -0.368 e. The van der Waals surface area contributed by atoms with E-state index < -0.39 is 0 Å². The Morgan fingerprint density at radius 2 is 2.14 bits per heavy atom. The van der Waals surface area contributed by atoms with Crippen LogP contribution in [0.25, 0.3) is 0 Å². The molecule has 116 valence electrons. The Labute approximate surface area is 126 Å². The first-order valence-corrected chi connectivity index (χ1v) is 8.02.